The highest BCUT2D eigenvalue weighted by atomic mass is 14.3. The number of hydrogen-bond acceptors (Lipinski definition) is 0. The second-order valence-electron chi connectivity index (χ2n) is 7.51. The van der Waals surface area contributed by atoms with Crippen molar-refractivity contribution < 1.29 is 0 Å². The molecular formula is C25H28. The second kappa shape index (κ2) is 7.27. The van der Waals surface area contributed by atoms with Crippen molar-refractivity contribution in [3.63, 3.8) is 0 Å². The lowest BCUT2D eigenvalue weighted by Gasteiger charge is -2.26. The zero-order chi connectivity index (χ0) is 18.0. The molecule has 0 amide bonds. The zero-order valence-corrected chi connectivity index (χ0v) is 16.0. The van der Waals surface area contributed by atoms with Crippen molar-refractivity contribution >= 4 is 0 Å². The van der Waals surface area contributed by atoms with Crippen molar-refractivity contribution in [1.82, 2.24) is 0 Å². The van der Waals surface area contributed by atoms with Gasteiger partial charge in [0, 0.05) is 5.92 Å². The molecule has 3 aromatic carbocycles. The van der Waals surface area contributed by atoms with E-state index in [2.05, 4.69) is 101 Å². The molecule has 0 spiro atoms. The number of rotatable bonds is 4. The summed E-state index contributed by atoms with van der Waals surface area (Å²) in [6.45, 7) is 11.0. The van der Waals surface area contributed by atoms with Crippen LogP contribution in [0, 0.1) is 27.7 Å². The van der Waals surface area contributed by atoms with Gasteiger partial charge in [-0.3, -0.25) is 0 Å². The topological polar surface area (TPSA) is 0 Å². The summed E-state index contributed by atoms with van der Waals surface area (Å²) in [5, 5.41) is 0. The van der Waals surface area contributed by atoms with E-state index >= 15 is 0 Å². The van der Waals surface area contributed by atoms with Crippen molar-refractivity contribution in [3.05, 3.63) is 106 Å². The van der Waals surface area contributed by atoms with Gasteiger partial charge in [0.2, 0.25) is 0 Å². The molecule has 0 saturated heterocycles. The minimum absolute atomic E-state index is 0.363. The largest absolute Gasteiger partial charge is 0.0590 e. The molecule has 3 rings (SSSR count). The molecular weight excluding hydrogens is 300 g/mol. The molecule has 0 nitrogen and oxygen atoms in total. The van der Waals surface area contributed by atoms with Crippen LogP contribution in [-0.2, 0) is 0 Å². The Labute approximate surface area is 152 Å². The molecule has 1 unspecified atom stereocenters. The third-order valence-corrected chi connectivity index (χ3v) is 5.14. The molecule has 0 N–H and O–H groups in total. The molecule has 0 heterocycles. The van der Waals surface area contributed by atoms with Gasteiger partial charge in [-0.2, -0.15) is 0 Å². The van der Waals surface area contributed by atoms with Gasteiger partial charge in [-0.05, 0) is 50.3 Å². The third kappa shape index (κ3) is 4.02. The van der Waals surface area contributed by atoms with Gasteiger partial charge in [-0.15, -0.1) is 0 Å². The minimum atomic E-state index is 0.363. The summed E-state index contributed by atoms with van der Waals surface area (Å²) in [4.78, 5) is 0. The summed E-state index contributed by atoms with van der Waals surface area (Å²) in [7, 11) is 0. The van der Waals surface area contributed by atoms with Crippen molar-refractivity contribution in [2.24, 2.45) is 0 Å². The molecule has 1 atom stereocenters. The molecule has 0 radical (unpaired) electrons. The maximum absolute atomic E-state index is 2.36. The Morgan fingerprint density at radius 1 is 0.480 bits per heavy atom. The highest BCUT2D eigenvalue weighted by molar-refractivity contribution is 5.41. The Morgan fingerprint density at radius 2 is 0.880 bits per heavy atom. The molecule has 0 aliphatic carbocycles. The van der Waals surface area contributed by atoms with Crippen LogP contribution in [0.2, 0.25) is 0 Å². The van der Waals surface area contributed by atoms with E-state index in [0.29, 0.717) is 11.8 Å². The minimum Gasteiger partial charge on any atom is -0.0590 e. The van der Waals surface area contributed by atoms with Crippen LogP contribution in [0.3, 0.4) is 0 Å². The standard InChI is InChI=1S/C25H28/c1-17-6-10-22(11-7-17)25(23-12-8-18(2)9-13-23)21(5)24-15-19(3)14-20(4)16-24/h6-16,21,25H,1-5H3. The predicted molar refractivity (Wildman–Crippen MR) is 109 cm³/mol. The van der Waals surface area contributed by atoms with Gasteiger partial charge in [0.15, 0.2) is 0 Å². The van der Waals surface area contributed by atoms with Gasteiger partial charge in [0.25, 0.3) is 0 Å². The van der Waals surface area contributed by atoms with E-state index in [1.807, 2.05) is 0 Å². The highest BCUT2D eigenvalue weighted by Gasteiger charge is 2.23. The maximum Gasteiger partial charge on any atom is 0.0155 e. The fourth-order valence-corrected chi connectivity index (χ4v) is 3.78. The monoisotopic (exact) mass is 328 g/mol. The lowest BCUT2D eigenvalue weighted by atomic mass is 9.77. The van der Waals surface area contributed by atoms with Crippen LogP contribution in [0.25, 0.3) is 0 Å². The van der Waals surface area contributed by atoms with Gasteiger partial charge in [0.05, 0.1) is 0 Å². The Morgan fingerprint density at radius 3 is 1.28 bits per heavy atom. The SMILES string of the molecule is Cc1ccc(C(c2ccc(C)cc2)C(C)c2cc(C)cc(C)c2)cc1. The van der Waals surface area contributed by atoms with Crippen LogP contribution in [-0.4, -0.2) is 0 Å². The lowest BCUT2D eigenvalue weighted by Crippen LogP contribution is -2.11. The lowest BCUT2D eigenvalue weighted by molar-refractivity contribution is 0.656. The molecule has 0 heteroatoms. The second-order valence-corrected chi connectivity index (χ2v) is 7.51. The van der Waals surface area contributed by atoms with E-state index in [1.54, 1.807) is 0 Å². The van der Waals surface area contributed by atoms with Crippen LogP contribution >= 0.6 is 0 Å². The maximum atomic E-state index is 2.36. The van der Waals surface area contributed by atoms with Gasteiger partial charge in [0.1, 0.15) is 0 Å². The Bertz CT molecular complexity index is 772. The van der Waals surface area contributed by atoms with Crippen molar-refractivity contribution in [2.75, 3.05) is 0 Å². The molecule has 0 aliphatic rings. The highest BCUT2D eigenvalue weighted by Crippen LogP contribution is 2.39. The van der Waals surface area contributed by atoms with Crippen LogP contribution in [0.4, 0.5) is 0 Å². The first kappa shape index (κ1) is 17.5. The Hall–Kier alpha value is -2.34. The van der Waals surface area contributed by atoms with Crippen molar-refractivity contribution in [1.29, 1.82) is 0 Å². The van der Waals surface area contributed by atoms with E-state index in [9.17, 15) is 0 Å². The van der Waals surface area contributed by atoms with Crippen LogP contribution in [0.5, 0.6) is 0 Å². The van der Waals surface area contributed by atoms with E-state index in [4.69, 9.17) is 0 Å². The number of aryl methyl sites for hydroxylation is 4. The van der Waals surface area contributed by atoms with Crippen molar-refractivity contribution in [2.45, 2.75) is 46.5 Å². The van der Waals surface area contributed by atoms with E-state index in [1.165, 1.54) is 38.9 Å². The Kier molecular flexibility index (Phi) is 5.08. The summed E-state index contributed by atoms with van der Waals surface area (Å²) in [6, 6.07) is 25.0. The fourth-order valence-electron chi connectivity index (χ4n) is 3.78. The molecule has 128 valence electrons. The Balaban J connectivity index is 2.09. The first-order valence-corrected chi connectivity index (χ1v) is 9.15. The van der Waals surface area contributed by atoms with E-state index < -0.39 is 0 Å². The average molecular weight is 328 g/mol. The van der Waals surface area contributed by atoms with Gasteiger partial charge < -0.3 is 0 Å². The molecule has 0 aromatic heterocycles. The number of hydrogen-bond donors (Lipinski definition) is 0. The fraction of sp³-hybridized carbons (Fsp3) is 0.280. The van der Waals surface area contributed by atoms with Gasteiger partial charge >= 0.3 is 0 Å². The molecule has 0 bridgehead atoms. The van der Waals surface area contributed by atoms with Crippen molar-refractivity contribution in [3.8, 4) is 0 Å². The zero-order valence-electron chi connectivity index (χ0n) is 16.0. The van der Waals surface area contributed by atoms with Crippen LogP contribution in [0.15, 0.2) is 66.7 Å². The van der Waals surface area contributed by atoms with Gasteiger partial charge in [-0.1, -0.05) is 95.9 Å². The number of benzene rings is 3. The van der Waals surface area contributed by atoms with Crippen LogP contribution < -0.4 is 0 Å². The summed E-state index contributed by atoms with van der Waals surface area (Å²) in [5.74, 6) is 0.784. The molecule has 3 aromatic rings. The predicted octanol–water partition coefficient (Wildman–Crippen LogP) is 6.86. The molecule has 25 heavy (non-hydrogen) atoms. The van der Waals surface area contributed by atoms with E-state index in [0.717, 1.165) is 0 Å². The van der Waals surface area contributed by atoms with Gasteiger partial charge in [-0.25, -0.2) is 0 Å². The summed E-state index contributed by atoms with van der Waals surface area (Å²) in [5.41, 5.74) is 9.50. The normalized spacial score (nSPS) is 12.4. The summed E-state index contributed by atoms with van der Waals surface area (Å²) in [6.07, 6.45) is 0. The first-order valence-electron chi connectivity index (χ1n) is 9.15. The smallest absolute Gasteiger partial charge is 0.0155 e. The third-order valence-electron chi connectivity index (χ3n) is 5.14. The summed E-state index contributed by atoms with van der Waals surface area (Å²) < 4.78 is 0. The quantitative estimate of drug-likeness (QED) is 0.491. The van der Waals surface area contributed by atoms with E-state index in [-0.39, 0.29) is 0 Å². The average Bonchev–Trinajstić information content (AvgIpc) is 2.57. The first-order chi connectivity index (χ1) is 11.9. The molecule has 0 aliphatic heterocycles. The summed E-state index contributed by atoms with van der Waals surface area (Å²) >= 11 is 0. The molecule has 0 saturated carbocycles. The molecule has 0 fully saturated rings. The van der Waals surface area contributed by atoms with Crippen LogP contribution in [0.1, 0.15) is 57.7 Å².